The lowest BCUT2D eigenvalue weighted by Gasteiger charge is -2.13. The Morgan fingerprint density at radius 1 is 1.07 bits per heavy atom. The highest BCUT2D eigenvalue weighted by Gasteiger charge is 2.18. The van der Waals surface area contributed by atoms with Crippen molar-refractivity contribution in [3.8, 4) is 0 Å². The summed E-state index contributed by atoms with van der Waals surface area (Å²) in [5, 5.41) is 4.73. The molecule has 4 nitrogen and oxygen atoms in total. The molecule has 2 aromatic carbocycles. The molecule has 148 valence electrons. The monoisotopic (exact) mass is 404 g/mol. The quantitative estimate of drug-likeness (QED) is 0.492. The number of para-hydroxylation sites is 1. The molecule has 0 aliphatic heterocycles. The Balaban J connectivity index is 1.59. The van der Waals surface area contributed by atoms with E-state index < -0.39 is 0 Å². The Labute approximate surface area is 173 Å². The number of carbonyl (C=O) groups is 1. The highest BCUT2D eigenvalue weighted by atomic mass is 32.1. The van der Waals surface area contributed by atoms with Crippen molar-refractivity contribution < 1.29 is 4.79 Å². The van der Waals surface area contributed by atoms with Gasteiger partial charge < -0.3 is 9.88 Å². The van der Waals surface area contributed by atoms with Gasteiger partial charge in [-0.1, -0.05) is 48.5 Å². The standard InChI is InChI=1S/C24H24N2O2S/c1-3-26-20-12-8-7-11-18(20)22-19(24(26)28)15-21(29-22)23(27)25-16(2)13-14-17-9-5-4-6-10-17/h4-12,15-16H,3,13-14H2,1-2H3,(H,25,27)/t16-/m1/s1. The highest BCUT2D eigenvalue weighted by molar-refractivity contribution is 7.21. The topological polar surface area (TPSA) is 51.1 Å². The van der Waals surface area contributed by atoms with E-state index in [9.17, 15) is 9.59 Å². The van der Waals surface area contributed by atoms with Crippen molar-refractivity contribution in [2.45, 2.75) is 39.3 Å². The summed E-state index contributed by atoms with van der Waals surface area (Å²) in [6.07, 6.45) is 1.78. The second kappa shape index (κ2) is 8.21. The molecule has 0 bridgehead atoms. The summed E-state index contributed by atoms with van der Waals surface area (Å²) >= 11 is 1.40. The van der Waals surface area contributed by atoms with Gasteiger partial charge in [-0.2, -0.15) is 0 Å². The average Bonchev–Trinajstić information content (AvgIpc) is 3.20. The Kier molecular flexibility index (Phi) is 5.49. The normalized spacial score (nSPS) is 12.3. The van der Waals surface area contributed by atoms with Crippen LogP contribution >= 0.6 is 11.3 Å². The number of nitrogens with one attached hydrogen (secondary N) is 1. The lowest BCUT2D eigenvalue weighted by atomic mass is 10.1. The molecule has 1 atom stereocenters. The molecule has 1 amide bonds. The van der Waals surface area contributed by atoms with Crippen molar-refractivity contribution in [2.75, 3.05) is 0 Å². The van der Waals surface area contributed by atoms with E-state index in [2.05, 4.69) is 17.4 Å². The molecule has 0 radical (unpaired) electrons. The van der Waals surface area contributed by atoms with Crippen molar-refractivity contribution in [1.82, 2.24) is 9.88 Å². The van der Waals surface area contributed by atoms with Crippen molar-refractivity contribution in [1.29, 1.82) is 0 Å². The minimum absolute atomic E-state index is 0.0337. The molecule has 0 spiro atoms. The average molecular weight is 405 g/mol. The number of amides is 1. The van der Waals surface area contributed by atoms with Gasteiger partial charge in [0.1, 0.15) is 0 Å². The summed E-state index contributed by atoms with van der Waals surface area (Å²) in [4.78, 5) is 26.3. The third-order valence-corrected chi connectivity index (χ3v) is 6.44. The van der Waals surface area contributed by atoms with Crippen LogP contribution in [-0.2, 0) is 13.0 Å². The van der Waals surface area contributed by atoms with Gasteiger partial charge in [0.25, 0.3) is 11.5 Å². The van der Waals surface area contributed by atoms with Gasteiger partial charge in [-0.3, -0.25) is 9.59 Å². The SMILES string of the molecule is CCn1c(=O)c2cc(C(=O)N[C@H](C)CCc3ccccc3)sc2c2ccccc21. The summed E-state index contributed by atoms with van der Waals surface area (Å²) < 4.78 is 2.66. The molecule has 2 aromatic heterocycles. The van der Waals surface area contributed by atoms with E-state index >= 15 is 0 Å². The first-order valence-corrected chi connectivity index (χ1v) is 10.8. The van der Waals surface area contributed by atoms with Crippen molar-refractivity contribution in [2.24, 2.45) is 0 Å². The Hall–Kier alpha value is -2.92. The smallest absolute Gasteiger partial charge is 0.261 e. The summed E-state index contributed by atoms with van der Waals surface area (Å²) in [6, 6.07) is 20.0. The zero-order valence-corrected chi connectivity index (χ0v) is 17.5. The summed E-state index contributed by atoms with van der Waals surface area (Å²) in [6.45, 7) is 4.59. The molecule has 5 heteroatoms. The van der Waals surface area contributed by atoms with Gasteiger partial charge in [0.05, 0.1) is 15.8 Å². The number of aromatic nitrogens is 1. The Morgan fingerprint density at radius 3 is 2.55 bits per heavy atom. The Morgan fingerprint density at radius 2 is 1.79 bits per heavy atom. The first-order valence-electron chi connectivity index (χ1n) is 9.98. The van der Waals surface area contributed by atoms with Crippen LogP contribution in [0.1, 0.15) is 35.5 Å². The number of pyridine rings is 1. The molecule has 1 N–H and O–H groups in total. The molecule has 0 saturated carbocycles. The zero-order valence-electron chi connectivity index (χ0n) is 16.6. The van der Waals surface area contributed by atoms with Crippen LogP contribution in [0, 0.1) is 0 Å². The van der Waals surface area contributed by atoms with Crippen LogP contribution in [-0.4, -0.2) is 16.5 Å². The maximum absolute atomic E-state index is 12.9. The third-order valence-electron chi connectivity index (χ3n) is 5.27. The van der Waals surface area contributed by atoms with Gasteiger partial charge >= 0.3 is 0 Å². The molecule has 2 heterocycles. The number of benzene rings is 2. The van der Waals surface area contributed by atoms with Crippen LogP contribution in [0.4, 0.5) is 0 Å². The second-order valence-corrected chi connectivity index (χ2v) is 8.37. The van der Waals surface area contributed by atoms with Gasteiger partial charge in [-0.25, -0.2) is 0 Å². The van der Waals surface area contributed by atoms with Crippen LogP contribution in [0.25, 0.3) is 21.0 Å². The first kappa shape index (κ1) is 19.4. The fraction of sp³-hybridized carbons (Fsp3) is 0.250. The molecule has 0 aliphatic carbocycles. The molecule has 0 aliphatic rings. The highest BCUT2D eigenvalue weighted by Crippen LogP contribution is 2.30. The van der Waals surface area contributed by atoms with Crippen LogP contribution in [0.15, 0.2) is 65.5 Å². The molecule has 0 fully saturated rings. The number of thiophene rings is 1. The van der Waals surface area contributed by atoms with E-state index in [4.69, 9.17) is 0 Å². The van der Waals surface area contributed by atoms with Gasteiger partial charge in [0.2, 0.25) is 0 Å². The fourth-order valence-corrected chi connectivity index (χ4v) is 4.81. The lowest BCUT2D eigenvalue weighted by Crippen LogP contribution is -2.32. The van der Waals surface area contributed by atoms with Crippen LogP contribution in [0.2, 0.25) is 0 Å². The summed E-state index contributed by atoms with van der Waals surface area (Å²) in [5.74, 6) is -0.113. The first-order chi connectivity index (χ1) is 14.1. The molecule has 4 rings (SSSR count). The zero-order chi connectivity index (χ0) is 20.4. The Bertz CT molecular complexity index is 1220. The van der Waals surface area contributed by atoms with Crippen LogP contribution in [0.3, 0.4) is 0 Å². The lowest BCUT2D eigenvalue weighted by molar-refractivity contribution is 0.0942. The van der Waals surface area contributed by atoms with Gasteiger partial charge in [-0.15, -0.1) is 11.3 Å². The largest absolute Gasteiger partial charge is 0.349 e. The molecule has 29 heavy (non-hydrogen) atoms. The molecule has 0 saturated heterocycles. The predicted octanol–water partition coefficient (Wildman–Crippen LogP) is 4.99. The van der Waals surface area contributed by atoms with Crippen molar-refractivity contribution in [3.63, 3.8) is 0 Å². The maximum atomic E-state index is 12.9. The summed E-state index contributed by atoms with van der Waals surface area (Å²) in [7, 11) is 0. The van der Waals surface area contributed by atoms with E-state index in [1.54, 1.807) is 10.6 Å². The van der Waals surface area contributed by atoms with Crippen LogP contribution in [0.5, 0.6) is 0 Å². The number of carbonyl (C=O) groups excluding carboxylic acids is 1. The number of hydrogen-bond acceptors (Lipinski definition) is 3. The fourth-order valence-electron chi connectivity index (χ4n) is 3.73. The van der Waals surface area contributed by atoms with E-state index in [0.29, 0.717) is 16.8 Å². The third kappa shape index (κ3) is 3.83. The van der Waals surface area contributed by atoms with E-state index in [1.807, 2.05) is 56.3 Å². The van der Waals surface area contributed by atoms with E-state index in [-0.39, 0.29) is 17.5 Å². The van der Waals surface area contributed by atoms with Crippen molar-refractivity contribution >= 4 is 38.2 Å². The van der Waals surface area contributed by atoms with Gasteiger partial charge in [-0.05, 0) is 44.4 Å². The maximum Gasteiger partial charge on any atom is 0.261 e. The van der Waals surface area contributed by atoms with E-state index in [1.165, 1.54) is 16.9 Å². The minimum atomic E-state index is -0.113. The van der Waals surface area contributed by atoms with Crippen LogP contribution < -0.4 is 10.9 Å². The molecular formula is C24H24N2O2S. The molecule has 0 unspecified atom stereocenters. The summed E-state index contributed by atoms with van der Waals surface area (Å²) in [5.41, 5.74) is 2.15. The number of hydrogen-bond donors (Lipinski definition) is 1. The number of nitrogens with zero attached hydrogens (tertiary/aromatic N) is 1. The van der Waals surface area contributed by atoms with E-state index in [0.717, 1.165) is 28.4 Å². The predicted molar refractivity (Wildman–Crippen MR) is 121 cm³/mol. The molecular weight excluding hydrogens is 380 g/mol. The number of fused-ring (bicyclic) bond motifs is 3. The number of aryl methyl sites for hydroxylation is 2. The second-order valence-electron chi connectivity index (χ2n) is 7.32. The van der Waals surface area contributed by atoms with Gasteiger partial charge in [0, 0.05) is 22.7 Å². The number of rotatable bonds is 6. The minimum Gasteiger partial charge on any atom is -0.349 e. The molecule has 4 aromatic rings. The van der Waals surface area contributed by atoms with Crippen molar-refractivity contribution in [3.05, 3.63) is 81.5 Å². The van der Waals surface area contributed by atoms with Gasteiger partial charge in [0.15, 0.2) is 0 Å².